The second-order valence-electron chi connectivity index (χ2n) is 5.83. The Balaban J connectivity index is 1.95. The number of pyridine rings is 1. The molecule has 0 bridgehead atoms. The maximum absolute atomic E-state index is 13.2. The fourth-order valence-electron chi connectivity index (χ4n) is 3.03. The summed E-state index contributed by atoms with van der Waals surface area (Å²) in [5.41, 5.74) is 1.88. The molecule has 0 spiro atoms. The van der Waals surface area contributed by atoms with Crippen molar-refractivity contribution < 1.29 is 14.2 Å². The van der Waals surface area contributed by atoms with Crippen molar-refractivity contribution in [3.05, 3.63) is 77.0 Å². The molecule has 0 aliphatic rings. The number of hydrogen-bond donors (Lipinski definition) is 2. The third-order valence-corrected chi connectivity index (χ3v) is 4.31. The summed E-state index contributed by atoms with van der Waals surface area (Å²) in [4.78, 5) is 15.2. The Hall–Kier alpha value is -3.54. The van der Waals surface area contributed by atoms with Crippen molar-refractivity contribution in [1.29, 1.82) is 0 Å². The molecule has 6 heteroatoms. The summed E-state index contributed by atoms with van der Waals surface area (Å²) in [5, 5.41) is 10.8. The summed E-state index contributed by atoms with van der Waals surface area (Å²) in [6.07, 6.45) is 1.76. The van der Waals surface area contributed by atoms with Crippen molar-refractivity contribution in [1.82, 2.24) is 9.55 Å². The first-order valence-corrected chi connectivity index (χ1v) is 7.95. The van der Waals surface area contributed by atoms with Gasteiger partial charge in [-0.2, -0.15) is 0 Å². The van der Waals surface area contributed by atoms with Gasteiger partial charge in [-0.15, -0.1) is 0 Å². The molecule has 0 radical (unpaired) electrons. The second kappa shape index (κ2) is 6.07. The number of fused-ring (bicyclic) bond motifs is 1. The predicted octanol–water partition coefficient (Wildman–Crippen LogP) is 3.84. The summed E-state index contributed by atoms with van der Waals surface area (Å²) in [6.45, 7) is 0. The zero-order valence-corrected chi connectivity index (χ0v) is 13.9. The number of aromatic amines is 1. The number of nitrogens with zero attached hydrogens (tertiary/aromatic N) is 1. The maximum Gasteiger partial charge on any atom is 0.260 e. The van der Waals surface area contributed by atoms with E-state index in [2.05, 4.69) is 4.98 Å². The van der Waals surface area contributed by atoms with E-state index in [4.69, 9.17) is 4.74 Å². The SMILES string of the molecule is COc1ccc(-n2ccc3[nH]c(=O)c(-c4ccc(F)cc4)c(O)c32)cc1. The largest absolute Gasteiger partial charge is 0.505 e. The Kier molecular flexibility index (Phi) is 3.73. The number of ether oxygens (including phenoxy) is 1. The molecule has 0 amide bonds. The van der Waals surface area contributed by atoms with Crippen molar-refractivity contribution in [2.24, 2.45) is 0 Å². The molecule has 2 heterocycles. The van der Waals surface area contributed by atoms with Crippen LogP contribution in [0.2, 0.25) is 0 Å². The second-order valence-corrected chi connectivity index (χ2v) is 5.83. The maximum atomic E-state index is 13.2. The Morgan fingerprint density at radius 3 is 2.38 bits per heavy atom. The van der Waals surface area contributed by atoms with Gasteiger partial charge in [0.15, 0.2) is 5.75 Å². The number of nitrogens with one attached hydrogen (secondary N) is 1. The summed E-state index contributed by atoms with van der Waals surface area (Å²) in [7, 11) is 1.59. The van der Waals surface area contributed by atoms with E-state index in [-0.39, 0.29) is 11.3 Å². The smallest absolute Gasteiger partial charge is 0.260 e. The topological polar surface area (TPSA) is 67.2 Å². The normalized spacial score (nSPS) is 11.0. The van der Waals surface area contributed by atoms with E-state index >= 15 is 0 Å². The Bertz CT molecular complexity index is 1140. The van der Waals surface area contributed by atoms with Crippen LogP contribution in [0, 0.1) is 5.82 Å². The molecular weight excluding hydrogens is 335 g/mol. The molecule has 2 N–H and O–H groups in total. The predicted molar refractivity (Wildman–Crippen MR) is 97.5 cm³/mol. The zero-order chi connectivity index (χ0) is 18.3. The highest BCUT2D eigenvalue weighted by Crippen LogP contribution is 2.34. The van der Waals surface area contributed by atoms with Crippen molar-refractivity contribution in [3.63, 3.8) is 0 Å². The van der Waals surface area contributed by atoms with E-state index < -0.39 is 11.4 Å². The van der Waals surface area contributed by atoms with Gasteiger partial charge in [0, 0.05) is 11.9 Å². The van der Waals surface area contributed by atoms with Crippen LogP contribution >= 0.6 is 0 Å². The average Bonchev–Trinajstić information content (AvgIpc) is 3.07. The van der Waals surface area contributed by atoms with Gasteiger partial charge in [-0.25, -0.2) is 4.39 Å². The number of benzene rings is 2. The van der Waals surface area contributed by atoms with Gasteiger partial charge >= 0.3 is 0 Å². The molecule has 2 aromatic heterocycles. The van der Waals surface area contributed by atoms with Crippen molar-refractivity contribution in [3.8, 4) is 28.3 Å². The summed E-state index contributed by atoms with van der Waals surface area (Å²) in [5.74, 6) is 0.151. The Morgan fingerprint density at radius 1 is 1.04 bits per heavy atom. The summed E-state index contributed by atoms with van der Waals surface area (Å²) in [6, 6.07) is 14.5. The minimum atomic E-state index is -0.436. The fourth-order valence-corrected chi connectivity index (χ4v) is 3.03. The number of halogens is 1. The van der Waals surface area contributed by atoms with Gasteiger partial charge in [0.1, 0.15) is 17.1 Å². The number of aromatic hydroxyl groups is 1. The van der Waals surface area contributed by atoms with Gasteiger partial charge in [-0.1, -0.05) is 12.1 Å². The summed E-state index contributed by atoms with van der Waals surface area (Å²) >= 11 is 0. The molecule has 0 atom stereocenters. The molecule has 0 saturated heterocycles. The van der Waals surface area contributed by atoms with E-state index in [9.17, 15) is 14.3 Å². The van der Waals surface area contributed by atoms with Crippen LogP contribution in [0.4, 0.5) is 4.39 Å². The fraction of sp³-hybridized carbons (Fsp3) is 0.0500. The lowest BCUT2D eigenvalue weighted by Gasteiger charge is -2.10. The lowest BCUT2D eigenvalue weighted by atomic mass is 10.1. The lowest BCUT2D eigenvalue weighted by molar-refractivity contribution is 0.415. The van der Waals surface area contributed by atoms with Crippen LogP contribution in [-0.4, -0.2) is 21.8 Å². The number of H-pyrrole nitrogens is 1. The van der Waals surface area contributed by atoms with Crippen LogP contribution in [-0.2, 0) is 0 Å². The molecule has 5 nitrogen and oxygen atoms in total. The third kappa shape index (κ3) is 2.52. The van der Waals surface area contributed by atoms with Crippen molar-refractivity contribution >= 4 is 11.0 Å². The van der Waals surface area contributed by atoms with Crippen LogP contribution in [0.25, 0.3) is 27.8 Å². The molecule has 0 fully saturated rings. The van der Waals surface area contributed by atoms with Gasteiger partial charge < -0.3 is 19.4 Å². The van der Waals surface area contributed by atoms with Gasteiger partial charge in [-0.05, 0) is 48.0 Å². The van der Waals surface area contributed by atoms with Crippen LogP contribution < -0.4 is 10.3 Å². The van der Waals surface area contributed by atoms with Crippen LogP contribution in [0.15, 0.2) is 65.6 Å². The van der Waals surface area contributed by atoms with Crippen LogP contribution in [0.3, 0.4) is 0 Å². The van der Waals surface area contributed by atoms with Crippen LogP contribution in [0.5, 0.6) is 11.5 Å². The minimum Gasteiger partial charge on any atom is -0.505 e. The minimum absolute atomic E-state index is 0.103. The van der Waals surface area contributed by atoms with Gasteiger partial charge in [0.2, 0.25) is 0 Å². The number of aromatic nitrogens is 2. The van der Waals surface area contributed by atoms with E-state index in [1.54, 1.807) is 23.9 Å². The van der Waals surface area contributed by atoms with E-state index in [0.717, 1.165) is 11.4 Å². The standard InChI is InChI=1S/C20H15FN2O3/c1-26-15-8-6-14(7-9-15)23-11-10-16-18(23)19(24)17(20(25)22-16)12-2-4-13(21)5-3-12/h2-11H,1H3,(H2,22,24,25). The Morgan fingerprint density at radius 2 is 1.73 bits per heavy atom. The highest BCUT2D eigenvalue weighted by molar-refractivity contribution is 5.90. The molecule has 4 aromatic rings. The molecule has 0 saturated carbocycles. The molecular formula is C20H15FN2O3. The highest BCUT2D eigenvalue weighted by atomic mass is 19.1. The van der Waals surface area contributed by atoms with Crippen molar-refractivity contribution in [2.75, 3.05) is 7.11 Å². The monoisotopic (exact) mass is 350 g/mol. The highest BCUT2D eigenvalue weighted by Gasteiger charge is 2.17. The molecule has 0 aliphatic carbocycles. The molecule has 26 heavy (non-hydrogen) atoms. The van der Waals surface area contributed by atoms with E-state index in [1.807, 2.05) is 24.3 Å². The first-order valence-electron chi connectivity index (χ1n) is 7.95. The first-order chi connectivity index (χ1) is 12.6. The average molecular weight is 350 g/mol. The van der Waals surface area contributed by atoms with E-state index in [0.29, 0.717) is 16.6 Å². The quantitative estimate of drug-likeness (QED) is 0.590. The van der Waals surface area contributed by atoms with Crippen LogP contribution in [0.1, 0.15) is 0 Å². The van der Waals surface area contributed by atoms with Gasteiger partial charge in [0.05, 0.1) is 18.2 Å². The molecule has 0 unspecified atom stereocenters. The van der Waals surface area contributed by atoms with E-state index in [1.165, 1.54) is 24.3 Å². The molecule has 130 valence electrons. The lowest BCUT2D eigenvalue weighted by Crippen LogP contribution is -2.09. The zero-order valence-electron chi connectivity index (χ0n) is 13.9. The third-order valence-electron chi connectivity index (χ3n) is 4.31. The number of hydrogen-bond acceptors (Lipinski definition) is 3. The molecule has 4 rings (SSSR count). The van der Waals surface area contributed by atoms with Gasteiger partial charge in [-0.3, -0.25) is 4.79 Å². The van der Waals surface area contributed by atoms with Gasteiger partial charge in [0.25, 0.3) is 5.56 Å². The Labute approximate surface area is 147 Å². The number of methoxy groups -OCH3 is 1. The number of rotatable bonds is 3. The summed E-state index contributed by atoms with van der Waals surface area (Å²) < 4.78 is 20.1. The molecule has 0 aliphatic heterocycles. The first kappa shape index (κ1) is 16.0. The van der Waals surface area contributed by atoms with Crippen molar-refractivity contribution in [2.45, 2.75) is 0 Å². The molecule has 2 aromatic carbocycles.